The second-order valence-corrected chi connectivity index (χ2v) is 7.89. The van der Waals surface area contributed by atoms with Gasteiger partial charge in [0.1, 0.15) is 0 Å². The van der Waals surface area contributed by atoms with Gasteiger partial charge in [0.2, 0.25) is 0 Å². The maximum absolute atomic E-state index is 2.53. The number of aryl methyl sites for hydroxylation is 1. The Kier molecular flexibility index (Phi) is 6.99. The van der Waals surface area contributed by atoms with Crippen LogP contribution in [-0.4, -0.2) is 0 Å². The first kappa shape index (κ1) is 17.6. The molecule has 1 saturated carbocycles. The lowest BCUT2D eigenvalue weighted by molar-refractivity contribution is 0.178. The summed E-state index contributed by atoms with van der Waals surface area (Å²) in [5, 5.41) is 0. The van der Waals surface area contributed by atoms with Gasteiger partial charge in [0, 0.05) is 0 Å². The first-order valence-electron chi connectivity index (χ1n) is 9.75. The first-order chi connectivity index (χ1) is 10.7. The van der Waals surface area contributed by atoms with Crippen molar-refractivity contribution < 1.29 is 0 Å². The lowest BCUT2D eigenvalue weighted by atomic mass is 9.68. The zero-order valence-electron chi connectivity index (χ0n) is 15.2. The Balaban J connectivity index is 1.83. The molecule has 0 heterocycles. The van der Waals surface area contributed by atoms with Crippen molar-refractivity contribution in [3.05, 3.63) is 35.4 Å². The molecule has 0 aliphatic heterocycles. The van der Waals surface area contributed by atoms with Crippen LogP contribution in [0, 0.1) is 5.41 Å². The zero-order chi connectivity index (χ0) is 15.8. The number of unbranched alkanes of at least 4 members (excludes halogenated alkanes) is 3. The molecule has 1 aromatic rings. The van der Waals surface area contributed by atoms with Crippen LogP contribution in [0.25, 0.3) is 0 Å². The molecule has 0 aromatic heterocycles. The number of benzene rings is 1. The summed E-state index contributed by atoms with van der Waals surface area (Å²) in [5.74, 6) is 0.819. The van der Waals surface area contributed by atoms with Crippen molar-refractivity contribution in [1.29, 1.82) is 0 Å². The highest BCUT2D eigenvalue weighted by Gasteiger charge is 2.30. The lowest BCUT2D eigenvalue weighted by Gasteiger charge is -2.38. The highest BCUT2D eigenvalue weighted by Crippen LogP contribution is 2.45. The number of hydrogen-bond donors (Lipinski definition) is 0. The summed E-state index contributed by atoms with van der Waals surface area (Å²) in [6.45, 7) is 7.12. The van der Waals surface area contributed by atoms with Gasteiger partial charge in [-0.1, -0.05) is 70.7 Å². The Hall–Kier alpha value is -0.780. The van der Waals surface area contributed by atoms with Crippen LogP contribution >= 0.6 is 0 Å². The van der Waals surface area contributed by atoms with Crippen LogP contribution in [0.2, 0.25) is 0 Å². The Morgan fingerprint density at radius 3 is 2.14 bits per heavy atom. The van der Waals surface area contributed by atoms with Crippen molar-refractivity contribution in [2.45, 2.75) is 97.3 Å². The molecule has 0 saturated heterocycles. The number of rotatable bonds is 8. The third kappa shape index (κ3) is 5.14. The third-order valence-electron chi connectivity index (χ3n) is 5.85. The van der Waals surface area contributed by atoms with Gasteiger partial charge in [-0.2, -0.15) is 0 Å². The van der Waals surface area contributed by atoms with Gasteiger partial charge in [0.25, 0.3) is 0 Å². The molecule has 124 valence electrons. The largest absolute Gasteiger partial charge is 0.0654 e. The van der Waals surface area contributed by atoms with Gasteiger partial charge in [0.05, 0.1) is 0 Å². The monoisotopic (exact) mass is 300 g/mol. The van der Waals surface area contributed by atoms with E-state index in [2.05, 4.69) is 45.0 Å². The molecule has 2 rings (SSSR count). The van der Waals surface area contributed by atoms with Gasteiger partial charge in [-0.05, 0) is 67.4 Å². The topological polar surface area (TPSA) is 0 Å². The fourth-order valence-electron chi connectivity index (χ4n) is 4.04. The molecule has 1 fully saturated rings. The molecule has 0 heteroatoms. The predicted octanol–water partition coefficient (Wildman–Crippen LogP) is 7.27. The van der Waals surface area contributed by atoms with Crippen molar-refractivity contribution >= 4 is 0 Å². The normalized spacial score (nSPS) is 25.3. The quantitative estimate of drug-likeness (QED) is 0.443. The molecule has 0 amide bonds. The van der Waals surface area contributed by atoms with Gasteiger partial charge in [0.15, 0.2) is 0 Å². The molecule has 1 aliphatic carbocycles. The molecule has 1 aromatic carbocycles. The van der Waals surface area contributed by atoms with E-state index in [0.717, 1.165) is 5.92 Å². The second kappa shape index (κ2) is 8.75. The Labute approximate surface area is 138 Å². The highest BCUT2D eigenvalue weighted by molar-refractivity contribution is 5.26. The summed E-state index contributed by atoms with van der Waals surface area (Å²) in [6.07, 6.45) is 15.2. The summed E-state index contributed by atoms with van der Waals surface area (Å²) >= 11 is 0. The number of hydrogen-bond acceptors (Lipinski definition) is 0. The molecule has 0 spiro atoms. The Morgan fingerprint density at radius 2 is 1.55 bits per heavy atom. The van der Waals surface area contributed by atoms with Gasteiger partial charge in [-0.25, -0.2) is 0 Å². The molecule has 0 bridgehead atoms. The van der Waals surface area contributed by atoms with E-state index >= 15 is 0 Å². The van der Waals surface area contributed by atoms with Crippen LogP contribution in [0.1, 0.15) is 102 Å². The minimum absolute atomic E-state index is 0.632. The van der Waals surface area contributed by atoms with E-state index in [1.165, 1.54) is 76.2 Å². The predicted molar refractivity (Wildman–Crippen MR) is 98.5 cm³/mol. The van der Waals surface area contributed by atoms with Crippen LogP contribution in [0.5, 0.6) is 0 Å². The standard InChI is InChI=1S/C22H36/c1-4-6-8-16-22(3)17-14-21(15-18-22)20-12-10-19(11-13-20)9-7-5-2/h10-13,21H,4-9,14-18H2,1-3H3. The molecular weight excluding hydrogens is 264 g/mol. The van der Waals surface area contributed by atoms with Crippen LogP contribution in [0.3, 0.4) is 0 Å². The molecule has 0 N–H and O–H groups in total. The van der Waals surface area contributed by atoms with E-state index < -0.39 is 0 Å². The average Bonchev–Trinajstić information content (AvgIpc) is 2.54. The van der Waals surface area contributed by atoms with Crippen LogP contribution in [-0.2, 0) is 6.42 Å². The van der Waals surface area contributed by atoms with Crippen molar-refractivity contribution in [3.63, 3.8) is 0 Å². The van der Waals surface area contributed by atoms with Crippen molar-refractivity contribution in [3.8, 4) is 0 Å². The van der Waals surface area contributed by atoms with Crippen molar-refractivity contribution in [2.24, 2.45) is 5.41 Å². The van der Waals surface area contributed by atoms with Crippen LogP contribution in [0.4, 0.5) is 0 Å². The van der Waals surface area contributed by atoms with E-state index in [1.807, 2.05) is 0 Å². The van der Waals surface area contributed by atoms with Crippen LogP contribution in [0.15, 0.2) is 24.3 Å². The molecule has 22 heavy (non-hydrogen) atoms. The molecular formula is C22H36. The van der Waals surface area contributed by atoms with Gasteiger partial charge < -0.3 is 0 Å². The average molecular weight is 301 g/mol. The summed E-state index contributed by atoms with van der Waals surface area (Å²) in [6, 6.07) is 9.57. The summed E-state index contributed by atoms with van der Waals surface area (Å²) in [4.78, 5) is 0. The van der Waals surface area contributed by atoms with E-state index in [0.29, 0.717) is 5.41 Å². The first-order valence-corrected chi connectivity index (χ1v) is 9.75. The minimum Gasteiger partial charge on any atom is -0.0654 e. The maximum atomic E-state index is 2.53. The van der Waals surface area contributed by atoms with Crippen molar-refractivity contribution in [1.82, 2.24) is 0 Å². The second-order valence-electron chi connectivity index (χ2n) is 7.89. The Bertz CT molecular complexity index is 406. The molecule has 0 nitrogen and oxygen atoms in total. The van der Waals surface area contributed by atoms with Gasteiger partial charge in [-0.15, -0.1) is 0 Å². The molecule has 1 aliphatic rings. The summed E-state index contributed by atoms with van der Waals surface area (Å²) in [5.41, 5.74) is 3.74. The van der Waals surface area contributed by atoms with E-state index in [4.69, 9.17) is 0 Å². The van der Waals surface area contributed by atoms with Gasteiger partial charge >= 0.3 is 0 Å². The fourth-order valence-corrected chi connectivity index (χ4v) is 4.04. The Morgan fingerprint density at radius 1 is 0.909 bits per heavy atom. The van der Waals surface area contributed by atoms with Gasteiger partial charge in [-0.3, -0.25) is 0 Å². The molecule has 0 radical (unpaired) electrons. The van der Waals surface area contributed by atoms with E-state index in [-0.39, 0.29) is 0 Å². The SMILES string of the molecule is CCCCCC1(C)CCC(c2ccc(CCCC)cc2)CC1. The zero-order valence-corrected chi connectivity index (χ0v) is 15.2. The fraction of sp³-hybridized carbons (Fsp3) is 0.727. The van der Waals surface area contributed by atoms with Crippen LogP contribution < -0.4 is 0 Å². The maximum Gasteiger partial charge on any atom is -0.0162 e. The highest BCUT2D eigenvalue weighted by atomic mass is 14.4. The lowest BCUT2D eigenvalue weighted by Crippen LogP contribution is -2.23. The van der Waals surface area contributed by atoms with E-state index in [1.54, 1.807) is 5.56 Å². The minimum atomic E-state index is 0.632. The van der Waals surface area contributed by atoms with E-state index in [9.17, 15) is 0 Å². The summed E-state index contributed by atoms with van der Waals surface area (Å²) < 4.78 is 0. The van der Waals surface area contributed by atoms with Crippen molar-refractivity contribution in [2.75, 3.05) is 0 Å². The smallest absolute Gasteiger partial charge is 0.0162 e. The summed E-state index contributed by atoms with van der Waals surface area (Å²) in [7, 11) is 0. The molecule has 0 atom stereocenters. The molecule has 0 unspecified atom stereocenters. The third-order valence-corrected chi connectivity index (χ3v) is 5.85.